The Bertz CT molecular complexity index is 876. The minimum Gasteiger partial charge on any atom is -0.497 e. The zero-order valence-corrected chi connectivity index (χ0v) is 15.9. The first-order chi connectivity index (χ1) is 13.2. The number of methoxy groups -OCH3 is 2. The van der Waals surface area contributed by atoms with Crippen LogP contribution in [0, 0.1) is 0 Å². The maximum absolute atomic E-state index is 11.0. The van der Waals surface area contributed by atoms with Gasteiger partial charge < -0.3 is 19.5 Å². The molecule has 0 spiro atoms. The SMILES string of the molecule is COC(=O)NCCc1ccc(-c2cnc(Oc3ccc(OC)cc3)s2)cc1. The lowest BCUT2D eigenvalue weighted by atomic mass is 10.1. The molecule has 2 aromatic carbocycles. The second-order valence-corrected chi connectivity index (χ2v) is 6.63. The van der Waals surface area contributed by atoms with Crippen molar-refractivity contribution in [1.82, 2.24) is 10.3 Å². The Hall–Kier alpha value is -3.06. The predicted octanol–water partition coefficient (Wildman–Crippen LogP) is 4.51. The van der Waals surface area contributed by atoms with Crippen LogP contribution in [0.15, 0.2) is 54.7 Å². The molecule has 3 aromatic rings. The van der Waals surface area contributed by atoms with Gasteiger partial charge in [0.25, 0.3) is 5.19 Å². The van der Waals surface area contributed by atoms with Crippen molar-refractivity contribution in [2.75, 3.05) is 20.8 Å². The molecular formula is C20H20N2O4S. The Labute approximate surface area is 161 Å². The van der Waals surface area contributed by atoms with Gasteiger partial charge in [-0.25, -0.2) is 9.78 Å². The summed E-state index contributed by atoms with van der Waals surface area (Å²) >= 11 is 1.48. The smallest absolute Gasteiger partial charge is 0.406 e. The van der Waals surface area contributed by atoms with Crippen LogP contribution in [0.5, 0.6) is 16.7 Å². The average Bonchev–Trinajstić information content (AvgIpc) is 3.17. The first-order valence-electron chi connectivity index (χ1n) is 8.37. The van der Waals surface area contributed by atoms with Gasteiger partial charge in [-0.3, -0.25) is 0 Å². The summed E-state index contributed by atoms with van der Waals surface area (Å²) in [5, 5.41) is 3.25. The number of alkyl carbamates (subject to hydrolysis) is 1. The van der Waals surface area contributed by atoms with Crippen LogP contribution in [0.25, 0.3) is 10.4 Å². The number of nitrogens with zero attached hydrogens (tertiary/aromatic N) is 1. The van der Waals surface area contributed by atoms with Crippen LogP contribution in [0.1, 0.15) is 5.56 Å². The summed E-state index contributed by atoms with van der Waals surface area (Å²) in [6.07, 6.45) is 2.13. The average molecular weight is 384 g/mol. The van der Waals surface area contributed by atoms with E-state index >= 15 is 0 Å². The molecule has 6 nitrogen and oxygen atoms in total. The van der Waals surface area contributed by atoms with Crippen LogP contribution >= 0.6 is 11.3 Å². The van der Waals surface area contributed by atoms with E-state index in [1.165, 1.54) is 18.4 Å². The van der Waals surface area contributed by atoms with Crippen molar-refractivity contribution in [1.29, 1.82) is 0 Å². The third-order valence-corrected chi connectivity index (χ3v) is 4.78. The molecular weight excluding hydrogens is 364 g/mol. The lowest BCUT2D eigenvalue weighted by Gasteiger charge is -2.05. The van der Waals surface area contributed by atoms with Crippen LogP contribution in [0.3, 0.4) is 0 Å². The molecule has 1 aromatic heterocycles. The molecule has 140 valence electrons. The fraction of sp³-hybridized carbons (Fsp3) is 0.200. The van der Waals surface area contributed by atoms with Crippen molar-refractivity contribution >= 4 is 17.4 Å². The van der Waals surface area contributed by atoms with E-state index in [2.05, 4.69) is 15.0 Å². The van der Waals surface area contributed by atoms with Crippen molar-refractivity contribution in [2.45, 2.75) is 6.42 Å². The quantitative estimate of drug-likeness (QED) is 0.649. The summed E-state index contributed by atoms with van der Waals surface area (Å²) < 4.78 is 15.5. The highest BCUT2D eigenvalue weighted by atomic mass is 32.1. The lowest BCUT2D eigenvalue weighted by Crippen LogP contribution is -2.25. The molecule has 7 heteroatoms. The first-order valence-corrected chi connectivity index (χ1v) is 9.18. The predicted molar refractivity (Wildman–Crippen MR) is 105 cm³/mol. The Morgan fingerprint density at radius 1 is 1.04 bits per heavy atom. The minimum absolute atomic E-state index is 0.416. The summed E-state index contributed by atoms with van der Waals surface area (Å²) in [4.78, 5) is 16.4. The third kappa shape index (κ3) is 5.21. The number of rotatable bonds is 7. The number of nitrogens with one attached hydrogen (secondary N) is 1. The van der Waals surface area contributed by atoms with Gasteiger partial charge in [0.05, 0.1) is 19.1 Å². The normalized spacial score (nSPS) is 10.3. The molecule has 0 saturated carbocycles. The maximum atomic E-state index is 11.0. The van der Waals surface area contributed by atoms with E-state index in [9.17, 15) is 4.79 Å². The summed E-state index contributed by atoms with van der Waals surface area (Å²) in [6, 6.07) is 15.5. The highest BCUT2D eigenvalue weighted by Gasteiger charge is 2.07. The van der Waals surface area contributed by atoms with E-state index in [1.54, 1.807) is 13.3 Å². The fourth-order valence-corrected chi connectivity index (χ4v) is 3.19. The number of carbonyl (C=O) groups excluding carboxylic acids is 1. The molecule has 0 unspecified atom stereocenters. The molecule has 0 aliphatic heterocycles. The second kappa shape index (κ2) is 9.05. The molecule has 1 N–H and O–H groups in total. The first kappa shape index (κ1) is 18.7. The van der Waals surface area contributed by atoms with Crippen LogP contribution in [-0.4, -0.2) is 31.8 Å². The van der Waals surface area contributed by atoms with Gasteiger partial charge in [-0.2, -0.15) is 0 Å². The number of thiazole rings is 1. The topological polar surface area (TPSA) is 69.7 Å². The summed E-state index contributed by atoms with van der Waals surface area (Å²) in [7, 11) is 2.98. The molecule has 1 heterocycles. The number of hydrogen-bond donors (Lipinski definition) is 1. The van der Waals surface area contributed by atoms with Crippen molar-refractivity contribution in [3.05, 3.63) is 60.3 Å². The zero-order chi connectivity index (χ0) is 19.1. The molecule has 0 fully saturated rings. The Balaban J connectivity index is 1.59. The van der Waals surface area contributed by atoms with Crippen LogP contribution in [0.2, 0.25) is 0 Å². The summed E-state index contributed by atoms with van der Waals surface area (Å²) in [6.45, 7) is 0.534. The maximum Gasteiger partial charge on any atom is 0.406 e. The highest BCUT2D eigenvalue weighted by Crippen LogP contribution is 2.33. The largest absolute Gasteiger partial charge is 0.497 e. The van der Waals surface area contributed by atoms with Gasteiger partial charge in [0.15, 0.2) is 0 Å². The van der Waals surface area contributed by atoms with Crippen molar-refractivity contribution in [3.8, 4) is 27.1 Å². The molecule has 0 aliphatic rings. The molecule has 0 aliphatic carbocycles. The number of amides is 1. The zero-order valence-electron chi connectivity index (χ0n) is 15.1. The van der Waals surface area contributed by atoms with E-state index in [0.717, 1.165) is 28.2 Å². The van der Waals surface area contributed by atoms with E-state index in [0.29, 0.717) is 17.5 Å². The highest BCUT2D eigenvalue weighted by molar-refractivity contribution is 7.16. The molecule has 3 rings (SSSR count). The molecule has 1 amide bonds. The molecule has 0 saturated heterocycles. The van der Waals surface area contributed by atoms with E-state index in [-0.39, 0.29) is 0 Å². The van der Waals surface area contributed by atoms with Crippen molar-refractivity contribution < 1.29 is 19.0 Å². The number of benzene rings is 2. The number of ether oxygens (including phenoxy) is 3. The number of carbonyl (C=O) groups is 1. The van der Waals surface area contributed by atoms with Gasteiger partial charge in [0, 0.05) is 12.7 Å². The third-order valence-electron chi connectivity index (χ3n) is 3.86. The summed E-state index contributed by atoms with van der Waals surface area (Å²) in [5.74, 6) is 1.49. The van der Waals surface area contributed by atoms with Gasteiger partial charge in [0.2, 0.25) is 0 Å². The van der Waals surface area contributed by atoms with Crippen molar-refractivity contribution in [2.24, 2.45) is 0 Å². The van der Waals surface area contributed by atoms with Gasteiger partial charge >= 0.3 is 6.09 Å². The second-order valence-electron chi connectivity index (χ2n) is 5.63. The Morgan fingerprint density at radius 3 is 2.41 bits per heavy atom. The Kier molecular flexibility index (Phi) is 6.27. The van der Waals surface area contributed by atoms with Gasteiger partial charge in [-0.05, 0) is 41.8 Å². The standard InChI is InChI=1S/C20H20N2O4S/c1-24-16-7-9-17(10-8-16)26-20-22-13-18(27-20)15-5-3-14(4-6-15)11-12-21-19(23)25-2/h3-10,13H,11-12H2,1-2H3,(H,21,23). The van der Waals surface area contributed by atoms with E-state index in [4.69, 9.17) is 9.47 Å². The van der Waals surface area contributed by atoms with Crippen LogP contribution in [-0.2, 0) is 11.2 Å². The van der Waals surface area contributed by atoms with Gasteiger partial charge in [-0.15, -0.1) is 0 Å². The van der Waals surface area contributed by atoms with Gasteiger partial charge in [0.1, 0.15) is 11.5 Å². The summed E-state index contributed by atoms with van der Waals surface area (Å²) in [5.41, 5.74) is 2.20. The number of hydrogen-bond acceptors (Lipinski definition) is 6. The monoisotopic (exact) mass is 384 g/mol. The van der Waals surface area contributed by atoms with E-state index in [1.807, 2.05) is 48.5 Å². The number of aromatic nitrogens is 1. The van der Waals surface area contributed by atoms with Crippen LogP contribution in [0.4, 0.5) is 4.79 Å². The molecule has 27 heavy (non-hydrogen) atoms. The van der Waals surface area contributed by atoms with Gasteiger partial charge in [-0.1, -0.05) is 35.6 Å². The molecule has 0 radical (unpaired) electrons. The molecule has 0 atom stereocenters. The van der Waals surface area contributed by atoms with Crippen molar-refractivity contribution in [3.63, 3.8) is 0 Å². The van der Waals surface area contributed by atoms with Crippen LogP contribution < -0.4 is 14.8 Å². The lowest BCUT2D eigenvalue weighted by molar-refractivity contribution is 0.171. The molecule has 0 bridgehead atoms. The minimum atomic E-state index is -0.416. The van der Waals surface area contributed by atoms with E-state index < -0.39 is 6.09 Å². The fourth-order valence-electron chi connectivity index (χ4n) is 2.40. The Morgan fingerprint density at radius 2 is 1.74 bits per heavy atom.